The van der Waals surface area contributed by atoms with Gasteiger partial charge in [0.05, 0.1) is 14.2 Å². The molecule has 1 aromatic heterocycles. The Labute approximate surface area is 170 Å². The number of pyridine rings is 1. The van der Waals surface area contributed by atoms with Crippen LogP contribution in [0.1, 0.15) is 21.6 Å². The molecule has 3 rings (SSSR count). The van der Waals surface area contributed by atoms with Gasteiger partial charge in [-0.25, -0.2) is 0 Å². The van der Waals surface area contributed by atoms with Gasteiger partial charge in [0.2, 0.25) is 0 Å². The molecule has 0 spiro atoms. The third-order valence-electron chi connectivity index (χ3n) is 4.54. The molecule has 0 aliphatic carbocycles. The molecule has 2 aromatic carbocycles. The van der Waals surface area contributed by atoms with Crippen molar-refractivity contribution in [2.75, 3.05) is 26.1 Å². The van der Waals surface area contributed by atoms with Gasteiger partial charge in [0.25, 0.3) is 5.91 Å². The highest BCUT2D eigenvalue weighted by molar-refractivity contribution is 5.93. The Hall–Kier alpha value is -3.54. The number of carbonyl (C=O) groups excluding carboxylic acids is 1. The number of nitrogens with zero attached hydrogens (tertiary/aromatic N) is 1. The number of para-hydroxylation sites is 2. The maximum absolute atomic E-state index is 12.5. The van der Waals surface area contributed by atoms with Crippen LogP contribution in [0.2, 0.25) is 0 Å². The van der Waals surface area contributed by atoms with Crippen molar-refractivity contribution in [2.24, 2.45) is 0 Å². The summed E-state index contributed by atoms with van der Waals surface area (Å²) < 4.78 is 10.7. The first-order valence-corrected chi connectivity index (χ1v) is 9.43. The molecule has 0 unspecified atom stereocenters. The minimum Gasteiger partial charge on any atom is -0.496 e. The number of nitrogens with one attached hydrogen (secondary N) is 2. The molecule has 3 aromatic rings. The molecule has 0 saturated carbocycles. The Kier molecular flexibility index (Phi) is 7.05. The summed E-state index contributed by atoms with van der Waals surface area (Å²) >= 11 is 0. The van der Waals surface area contributed by atoms with Crippen LogP contribution in [0.3, 0.4) is 0 Å². The summed E-state index contributed by atoms with van der Waals surface area (Å²) in [6, 6.07) is 19.2. The second kappa shape index (κ2) is 10.1. The number of aromatic nitrogens is 1. The van der Waals surface area contributed by atoms with Crippen molar-refractivity contribution < 1.29 is 14.3 Å². The number of carbonyl (C=O) groups is 1. The number of benzene rings is 2. The fourth-order valence-corrected chi connectivity index (χ4v) is 3.02. The summed E-state index contributed by atoms with van der Waals surface area (Å²) in [6.07, 6.45) is 2.31. The van der Waals surface area contributed by atoms with Crippen molar-refractivity contribution in [3.05, 3.63) is 83.7 Å². The van der Waals surface area contributed by atoms with Gasteiger partial charge in [-0.1, -0.05) is 36.4 Å². The average Bonchev–Trinajstić information content (AvgIpc) is 2.78. The van der Waals surface area contributed by atoms with Crippen molar-refractivity contribution in [3.63, 3.8) is 0 Å². The van der Waals surface area contributed by atoms with E-state index in [2.05, 4.69) is 15.6 Å². The fraction of sp³-hybridized carbons (Fsp3) is 0.217. The molecule has 0 saturated heterocycles. The normalized spacial score (nSPS) is 10.3. The van der Waals surface area contributed by atoms with Gasteiger partial charge >= 0.3 is 0 Å². The smallest absolute Gasteiger partial charge is 0.269 e. The van der Waals surface area contributed by atoms with Crippen molar-refractivity contribution >= 4 is 11.6 Å². The third-order valence-corrected chi connectivity index (χ3v) is 4.54. The topological polar surface area (TPSA) is 72.5 Å². The molecule has 0 aliphatic rings. The molecular formula is C23H25N3O3. The predicted octanol–water partition coefficient (Wildman–Crippen LogP) is 3.68. The molecule has 0 radical (unpaired) electrons. The van der Waals surface area contributed by atoms with Crippen LogP contribution in [-0.4, -0.2) is 31.7 Å². The van der Waals surface area contributed by atoms with Crippen LogP contribution in [-0.2, 0) is 13.0 Å². The van der Waals surface area contributed by atoms with Crippen LogP contribution < -0.4 is 20.1 Å². The first-order valence-electron chi connectivity index (χ1n) is 9.43. The van der Waals surface area contributed by atoms with Crippen molar-refractivity contribution in [3.8, 4) is 11.5 Å². The molecular weight excluding hydrogens is 366 g/mol. The van der Waals surface area contributed by atoms with Crippen LogP contribution in [0.5, 0.6) is 11.5 Å². The lowest BCUT2D eigenvalue weighted by Crippen LogP contribution is -2.26. The molecule has 0 bridgehead atoms. The quantitative estimate of drug-likeness (QED) is 0.582. The lowest BCUT2D eigenvalue weighted by atomic mass is 10.1. The minimum absolute atomic E-state index is 0.208. The van der Waals surface area contributed by atoms with E-state index in [1.165, 1.54) is 0 Å². The zero-order chi connectivity index (χ0) is 20.5. The highest BCUT2D eigenvalue weighted by Gasteiger charge is 2.09. The zero-order valence-electron chi connectivity index (χ0n) is 16.6. The SMILES string of the molecule is COc1ccccc1CCNC(=O)c1cc(NCc2ccccc2OC)ccn1. The standard InChI is InChI=1S/C23H25N3O3/c1-28-21-9-5-3-7-17(21)11-13-25-23(27)20-15-19(12-14-24-20)26-16-18-8-4-6-10-22(18)29-2/h3-10,12,14-15H,11,13,16H2,1-2H3,(H,24,26)(H,25,27). The van der Waals surface area contributed by atoms with Gasteiger partial charge in [0, 0.05) is 30.5 Å². The number of methoxy groups -OCH3 is 2. The van der Waals surface area contributed by atoms with Gasteiger partial charge < -0.3 is 20.1 Å². The van der Waals surface area contributed by atoms with Gasteiger partial charge in [0.15, 0.2) is 0 Å². The van der Waals surface area contributed by atoms with E-state index < -0.39 is 0 Å². The van der Waals surface area contributed by atoms with E-state index in [0.29, 0.717) is 25.2 Å². The monoisotopic (exact) mass is 391 g/mol. The predicted molar refractivity (Wildman–Crippen MR) is 114 cm³/mol. The summed E-state index contributed by atoms with van der Waals surface area (Å²) in [6.45, 7) is 1.09. The summed E-state index contributed by atoms with van der Waals surface area (Å²) in [5.41, 5.74) is 3.28. The second-order valence-electron chi connectivity index (χ2n) is 6.41. The van der Waals surface area contributed by atoms with Crippen molar-refractivity contribution in [1.82, 2.24) is 10.3 Å². The molecule has 6 nitrogen and oxygen atoms in total. The number of hydrogen-bond acceptors (Lipinski definition) is 5. The van der Waals surface area contributed by atoms with Crippen LogP contribution in [0.15, 0.2) is 66.9 Å². The number of anilines is 1. The van der Waals surface area contributed by atoms with Crippen LogP contribution >= 0.6 is 0 Å². The van der Waals surface area contributed by atoms with Crippen molar-refractivity contribution in [2.45, 2.75) is 13.0 Å². The number of ether oxygens (including phenoxy) is 2. The van der Waals surface area contributed by atoms with Gasteiger partial charge in [-0.3, -0.25) is 9.78 Å². The molecule has 1 amide bonds. The molecule has 150 valence electrons. The summed E-state index contributed by atoms with van der Waals surface area (Å²) in [5.74, 6) is 1.44. The van der Waals surface area contributed by atoms with Gasteiger partial charge in [-0.05, 0) is 36.2 Å². The van der Waals surface area contributed by atoms with Gasteiger partial charge in [-0.2, -0.15) is 0 Å². The summed E-state index contributed by atoms with van der Waals surface area (Å²) in [7, 11) is 3.30. The van der Waals surface area contributed by atoms with E-state index in [1.807, 2.05) is 54.6 Å². The summed E-state index contributed by atoms with van der Waals surface area (Å²) in [4.78, 5) is 16.6. The lowest BCUT2D eigenvalue weighted by molar-refractivity contribution is 0.0949. The van der Waals surface area contributed by atoms with Gasteiger partial charge in [0.1, 0.15) is 17.2 Å². The van der Waals surface area contributed by atoms with Crippen LogP contribution in [0, 0.1) is 0 Å². The summed E-state index contributed by atoms with van der Waals surface area (Å²) in [5, 5.41) is 6.22. The van der Waals surface area contributed by atoms with Gasteiger partial charge in [-0.15, -0.1) is 0 Å². The highest BCUT2D eigenvalue weighted by atomic mass is 16.5. The molecule has 0 fully saturated rings. The molecule has 0 atom stereocenters. The maximum Gasteiger partial charge on any atom is 0.269 e. The molecule has 6 heteroatoms. The Morgan fingerprint density at radius 2 is 1.59 bits per heavy atom. The minimum atomic E-state index is -0.208. The van der Waals surface area contributed by atoms with Crippen LogP contribution in [0.25, 0.3) is 0 Å². The fourth-order valence-electron chi connectivity index (χ4n) is 3.02. The number of amides is 1. The first kappa shape index (κ1) is 20.2. The third kappa shape index (κ3) is 5.48. The number of rotatable bonds is 9. The Balaban J connectivity index is 1.56. The van der Waals surface area contributed by atoms with E-state index in [0.717, 1.165) is 28.3 Å². The first-order chi connectivity index (χ1) is 14.2. The largest absolute Gasteiger partial charge is 0.496 e. The van der Waals surface area contributed by atoms with E-state index in [-0.39, 0.29) is 5.91 Å². The van der Waals surface area contributed by atoms with E-state index >= 15 is 0 Å². The second-order valence-corrected chi connectivity index (χ2v) is 6.41. The Morgan fingerprint density at radius 1 is 0.931 bits per heavy atom. The molecule has 2 N–H and O–H groups in total. The Bertz CT molecular complexity index is 959. The van der Waals surface area contributed by atoms with E-state index in [1.54, 1.807) is 26.5 Å². The van der Waals surface area contributed by atoms with E-state index in [4.69, 9.17) is 9.47 Å². The lowest BCUT2D eigenvalue weighted by Gasteiger charge is -2.11. The highest BCUT2D eigenvalue weighted by Crippen LogP contribution is 2.19. The van der Waals surface area contributed by atoms with Crippen LogP contribution in [0.4, 0.5) is 5.69 Å². The Morgan fingerprint density at radius 3 is 2.31 bits per heavy atom. The zero-order valence-corrected chi connectivity index (χ0v) is 16.6. The number of hydrogen-bond donors (Lipinski definition) is 2. The molecule has 29 heavy (non-hydrogen) atoms. The average molecular weight is 391 g/mol. The molecule has 1 heterocycles. The molecule has 0 aliphatic heterocycles. The maximum atomic E-state index is 12.5. The van der Waals surface area contributed by atoms with Crippen molar-refractivity contribution in [1.29, 1.82) is 0 Å². The van der Waals surface area contributed by atoms with E-state index in [9.17, 15) is 4.79 Å².